The first-order valence-corrected chi connectivity index (χ1v) is 7.84. The van der Waals surface area contributed by atoms with Crippen LogP contribution < -0.4 is 5.73 Å². The van der Waals surface area contributed by atoms with E-state index in [1.54, 1.807) is 0 Å². The van der Waals surface area contributed by atoms with Crippen LogP contribution in [0.15, 0.2) is 0 Å². The molecule has 0 spiro atoms. The topological polar surface area (TPSA) is 55.6 Å². The van der Waals surface area contributed by atoms with E-state index in [1.807, 2.05) is 6.92 Å². The van der Waals surface area contributed by atoms with Gasteiger partial charge in [0.2, 0.25) is 0 Å². The summed E-state index contributed by atoms with van der Waals surface area (Å²) in [7, 11) is 0. The van der Waals surface area contributed by atoms with Gasteiger partial charge in [0, 0.05) is 6.42 Å². The molecule has 0 radical (unpaired) electrons. The van der Waals surface area contributed by atoms with Gasteiger partial charge in [-0.1, -0.05) is 6.42 Å². The lowest BCUT2D eigenvalue weighted by Crippen LogP contribution is -2.34. The second kappa shape index (κ2) is 10.2. The first-order chi connectivity index (χ1) is 9.26. The molecule has 4 nitrogen and oxygen atoms in total. The van der Waals surface area contributed by atoms with E-state index < -0.39 is 0 Å². The molecule has 0 aromatic heterocycles. The third kappa shape index (κ3) is 7.53. The van der Waals surface area contributed by atoms with Crippen LogP contribution in [0, 0.1) is 5.92 Å². The van der Waals surface area contributed by atoms with Crippen LogP contribution in [0.5, 0.6) is 0 Å². The van der Waals surface area contributed by atoms with E-state index in [0.29, 0.717) is 13.0 Å². The molecule has 1 fully saturated rings. The number of hydrogen-bond acceptors (Lipinski definition) is 4. The molecule has 1 rings (SSSR count). The Labute approximate surface area is 117 Å². The molecule has 19 heavy (non-hydrogen) atoms. The smallest absolute Gasteiger partial charge is 0.305 e. The van der Waals surface area contributed by atoms with Crippen LogP contribution in [-0.2, 0) is 9.53 Å². The van der Waals surface area contributed by atoms with Crippen molar-refractivity contribution < 1.29 is 9.53 Å². The Kier molecular flexibility index (Phi) is 8.84. The van der Waals surface area contributed by atoms with Gasteiger partial charge in [-0.2, -0.15) is 0 Å². The molecule has 2 N–H and O–H groups in total. The Morgan fingerprint density at radius 2 is 2.00 bits per heavy atom. The number of unbranched alkanes of at least 4 members (excludes halogenated alkanes) is 2. The SMILES string of the molecule is CCOC(=O)CCCCCN1CCC(CCN)CC1. The lowest BCUT2D eigenvalue weighted by atomic mass is 9.93. The molecular weight excluding hydrogens is 240 g/mol. The summed E-state index contributed by atoms with van der Waals surface area (Å²) < 4.78 is 4.91. The number of ether oxygens (including phenoxy) is 1. The summed E-state index contributed by atoms with van der Waals surface area (Å²) in [4.78, 5) is 13.7. The Bertz CT molecular complexity index is 238. The molecule has 1 aliphatic heterocycles. The van der Waals surface area contributed by atoms with Gasteiger partial charge in [0.25, 0.3) is 0 Å². The largest absolute Gasteiger partial charge is 0.466 e. The van der Waals surface area contributed by atoms with Gasteiger partial charge in [-0.05, 0) is 71.1 Å². The number of piperidine rings is 1. The molecule has 0 atom stereocenters. The molecule has 1 heterocycles. The maximum Gasteiger partial charge on any atom is 0.305 e. The fourth-order valence-corrected chi connectivity index (χ4v) is 2.75. The number of hydrogen-bond donors (Lipinski definition) is 1. The first-order valence-electron chi connectivity index (χ1n) is 7.84. The lowest BCUT2D eigenvalue weighted by Gasteiger charge is -2.31. The van der Waals surface area contributed by atoms with Crippen molar-refractivity contribution in [1.29, 1.82) is 0 Å². The van der Waals surface area contributed by atoms with Gasteiger partial charge < -0.3 is 15.4 Å². The summed E-state index contributed by atoms with van der Waals surface area (Å²) >= 11 is 0. The summed E-state index contributed by atoms with van der Waals surface area (Å²) in [6.45, 7) is 6.81. The van der Waals surface area contributed by atoms with Crippen LogP contribution in [0.4, 0.5) is 0 Å². The standard InChI is InChI=1S/C15H30N2O2/c1-2-19-15(18)6-4-3-5-11-17-12-8-14(7-10-16)9-13-17/h14H,2-13,16H2,1H3. The Balaban J connectivity index is 1.95. The van der Waals surface area contributed by atoms with Crippen LogP contribution in [0.1, 0.15) is 51.9 Å². The van der Waals surface area contributed by atoms with Gasteiger partial charge in [-0.25, -0.2) is 0 Å². The Morgan fingerprint density at radius 3 is 2.63 bits per heavy atom. The molecule has 1 saturated heterocycles. The number of esters is 1. The van der Waals surface area contributed by atoms with Crippen molar-refractivity contribution in [2.75, 3.05) is 32.8 Å². The number of carbonyl (C=O) groups excluding carboxylic acids is 1. The number of rotatable bonds is 9. The minimum absolute atomic E-state index is 0.0508. The normalized spacial score (nSPS) is 17.6. The van der Waals surface area contributed by atoms with E-state index in [4.69, 9.17) is 10.5 Å². The molecule has 0 unspecified atom stereocenters. The maximum atomic E-state index is 11.2. The first kappa shape index (κ1) is 16.4. The van der Waals surface area contributed by atoms with Crippen LogP contribution in [0.3, 0.4) is 0 Å². The van der Waals surface area contributed by atoms with Crippen molar-refractivity contribution in [3.63, 3.8) is 0 Å². The molecule has 0 aromatic carbocycles. The molecule has 0 bridgehead atoms. The number of likely N-dealkylation sites (tertiary alicyclic amines) is 1. The highest BCUT2D eigenvalue weighted by atomic mass is 16.5. The van der Waals surface area contributed by atoms with E-state index in [2.05, 4.69) is 4.90 Å². The summed E-state index contributed by atoms with van der Waals surface area (Å²) in [6, 6.07) is 0. The quantitative estimate of drug-likeness (QED) is 0.515. The predicted molar refractivity (Wildman–Crippen MR) is 77.9 cm³/mol. The van der Waals surface area contributed by atoms with E-state index >= 15 is 0 Å². The summed E-state index contributed by atoms with van der Waals surface area (Å²) in [5.74, 6) is 0.801. The van der Waals surface area contributed by atoms with Crippen LogP contribution >= 0.6 is 0 Å². The highest BCUT2D eigenvalue weighted by Crippen LogP contribution is 2.20. The average molecular weight is 270 g/mol. The maximum absolute atomic E-state index is 11.2. The number of nitrogens with zero attached hydrogens (tertiary/aromatic N) is 1. The molecule has 0 amide bonds. The van der Waals surface area contributed by atoms with E-state index in [9.17, 15) is 4.79 Å². The highest BCUT2D eigenvalue weighted by molar-refractivity contribution is 5.69. The zero-order valence-electron chi connectivity index (χ0n) is 12.4. The fraction of sp³-hybridized carbons (Fsp3) is 0.933. The molecule has 0 aromatic rings. The van der Waals surface area contributed by atoms with Crippen molar-refractivity contribution >= 4 is 5.97 Å². The molecule has 112 valence electrons. The summed E-state index contributed by atoms with van der Waals surface area (Å²) in [5, 5.41) is 0. The van der Waals surface area contributed by atoms with Gasteiger partial charge in [0.05, 0.1) is 6.61 Å². The predicted octanol–water partition coefficient (Wildman–Crippen LogP) is 2.17. The second-order valence-corrected chi connectivity index (χ2v) is 5.48. The molecule has 0 aliphatic carbocycles. The zero-order chi connectivity index (χ0) is 13.9. The van der Waals surface area contributed by atoms with Gasteiger partial charge in [-0.3, -0.25) is 4.79 Å². The number of carbonyl (C=O) groups is 1. The average Bonchev–Trinajstić information content (AvgIpc) is 2.41. The molecule has 0 saturated carbocycles. The highest BCUT2D eigenvalue weighted by Gasteiger charge is 2.17. The minimum Gasteiger partial charge on any atom is -0.466 e. The number of nitrogens with two attached hydrogens (primary N) is 1. The monoisotopic (exact) mass is 270 g/mol. The minimum atomic E-state index is -0.0508. The lowest BCUT2D eigenvalue weighted by molar-refractivity contribution is -0.143. The van der Waals surface area contributed by atoms with E-state index in [-0.39, 0.29) is 5.97 Å². The van der Waals surface area contributed by atoms with Crippen molar-refractivity contribution in [3.05, 3.63) is 0 Å². The van der Waals surface area contributed by atoms with Gasteiger partial charge in [0.1, 0.15) is 0 Å². The van der Waals surface area contributed by atoms with Gasteiger partial charge in [-0.15, -0.1) is 0 Å². The third-order valence-electron chi connectivity index (χ3n) is 3.94. The van der Waals surface area contributed by atoms with Crippen molar-refractivity contribution in [1.82, 2.24) is 4.90 Å². The fourth-order valence-electron chi connectivity index (χ4n) is 2.75. The molecule has 1 aliphatic rings. The molecule has 4 heteroatoms. The van der Waals surface area contributed by atoms with Crippen LogP contribution in [-0.4, -0.2) is 43.7 Å². The zero-order valence-corrected chi connectivity index (χ0v) is 12.4. The van der Waals surface area contributed by atoms with Crippen molar-refractivity contribution in [2.45, 2.75) is 51.9 Å². The van der Waals surface area contributed by atoms with Crippen LogP contribution in [0.2, 0.25) is 0 Å². The Morgan fingerprint density at radius 1 is 1.26 bits per heavy atom. The summed E-state index contributed by atoms with van der Waals surface area (Å²) in [5.41, 5.74) is 5.60. The van der Waals surface area contributed by atoms with Crippen molar-refractivity contribution in [2.24, 2.45) is 11.7 Å². The third-order valence-corrected chi connectivity index (χ3v) is 3.94. The summed E-state index contributed by atoms with van der Waals surface area (Å²) in [6.07, 6.45) is 7.66. The van der Waals surface area contributed by atoms with E-state index in [1.165, 1.54) is 45.3 Å². The Hall–Kier alpha value is -0.610. The van der Waals surface area contributed by atoms with E-state index in [0.717, 1.165) is 25.3 Å². The molecular formula is C15H30N2O2. The van der Waals surface area contributed by atoms with Crippen LogP contribution in [0.25, 0.3) is 0 Å². The van der Waals surface area contributed by atoms with Crippen molar-refractivity contribution in [3.8, 4) is 0 Å². The van der Waals surface area contributed by atoms with Gasteiger partial charge >= 0.3 is 5.97 Å². The van der Waals surface area contributed by atoms with Gasteiger partial charge in [0.15, 0.2) is 0 Å². The second-order valence-electron chi connectivity index (χ2n) is 5.48.